The van der Waals surface area contributed by atoms with Crippen molar-refractivity contribution in [2.24, 2.45) is 11.8 Å². The highest BCUT2D eigenvalue weighted by Gasteiger charge is 2.30. The molecule has 0 spiro atoms. The molecule has 0 aliphatic carbocycles. The first kappa shape index (κ1) is 15.1. The zero-order valence-corrected chi connectivity index (χ0v) is 13.3. The average molecular weight is 296 g/mol. The van der Waals surface area contributed by atoms with Crippen LogP contribution in [0.25, 0.3) is 0 Å². The third-order valence-corrected chi connectivity index (χ3v) is 4.85. The second-order valence-electron chi connectivity index (χ2n) is 5.70. The number of hydrogen-bond acceptors (Lipinski definition) is 5. The number of carbonyl (C=O) groups is 1. The van der Waals surface area contributed by atoms with Crippen molar-refractivity contribution >= 4 is 28.2 Å². The summed E-state index contributed by atoms with van der Waals surface area (Å²) in [5.74, 6) is 1.61. The van der Waals surface area contributed by atoms with Crippen molar-refractivity contribution in [3.63, 3.8) is 0 Å². The van der Waals surface area contributed by atoms with Crippen LogP contribution in [0.3, 0.4) is 0 Å². The molecule has 2 heterocycles. The van der Waals surface area contributed by atoms with E-state index in [9.17, 15) is 4.79 Å². The lowest BCUT2D eigenvalue weighted by Gasteiger charge is -2.17. The second kappa shape index (κ2) is 6.43. The standard InChI is InChI=1S/C14H24N4OS/c1-4-6-16-14-17-12(15)11(20-14)13(19)18-7-5-10(8-18)9(2)3/h9-10H,4-8,15H2,1-3H3,(H,16,17). The van der Waals surface area contributed by atoms with Crippen molar-refractivity contribution < 1.29 is 4.79 Å². The second-order valence-corrected chi connectivity index (χ2v) is 6.70. The van der Waals surface area contributed by atoms with E-state index in [4.69, 9.17) is 5.73 Å². The number of carbonyl (C=O) groups excluding carboxylic acids is 1. The largest absolute Gasteiger partial charge is 0.382 e. The number of nitrogens with one attached hydrogen (secondary N) is 1. The number of anilines is 2. The van der Waals surface area contributed by atoms with Gasteiger partial charge in [-0.25, -0.2) is 4.98 Å². The summed E-state index contributed by atoms with van der Waals surface area (Å²) >= 11 is 1.37. The molecule has 3 N–H and O–H groups in total. The van der Waals surface area contributed by atoms with E-state index in [1.165, 1.54) is 11.3 Å². The summed E-state index contributed by atoms with van der Waals surface area (Å²) in [6.07, 6.45) is 2.11. The van der Waals surface area contributed by atoms with E-state index in [1.54, 1.807) is 0 Å². The summed E-state index contributed by atoms with van der Waals surface area (Å²) in [6, 6.07) is 0. The number of hydrogen-bond donors (Lipinski definition) is 2. The Kier molecular flexibility index (Phi) is 4.86. The molecule has 1 aromatic heterocycles. The van der Waals surface area contributed by atoms with E-state index >= 15 is 0 Å². The fourth-order valence-corrected chi connectivity index (χ4v) is 3.33. The molecule has 1 aromatic rings. The van der Waals surface area contributed by atoms with Crippen molar-refractivity contribution in [3.05, 3.63) is 4.88 Å². The topological polar surface area (TPSA) is 71.2 Å². The first-order valence-electron chi connectivity index (χ1n) is 7.32. The Bertz CT molecular complexity index is 472. The van der Waals surface area contributed by atoms with Crippen LogP contribution in [0.1, 0.15) is 43.3 Å². The van der Waals surface area contributed by atoms with Crippen LogP contribution >= 0.6 is 11.3 Å². The van der Waals surface area contributed by atoms with Gasteiger partial charge in [0.2, 0.25) is 0 Å². The molecule has 0 saturated carbocycles. The van der Waals surface area contributed by atoms with Gasteiger partial charge in [-0.1, -0.05) is 32.1 Å². The Morgan fingerprint density at radius 3 is 2.95 bits per heavy atom. The van der Waals surface area contributed by atoms with Gasteiger partial charge in [-0.2, -0.15) is 0 Å². The zero-order valence-electron chi connectivity index (χ0n) is 12.5. The molecule has 2 rings (SSSR count). The van der Waals surface area contributed by atoms with Crippen molar-refractivity contribution in [2.75, 3.05) is 30.7 Å². The van der Waals surface area contributed by atoms with Gasteiger partial charge in [-0.05, 0) is 24.7 Å². The minimum Gasteiger partial charge on any atom is -0.382 e. The third kappa shape index (κ3) is 3.23. The molecule has 1 aliphatic rings. The Morgan fingerprint density at radius 2 is 2.35 bits per heavy atom. The summed E-state index contributed by atoms with van der Waals surface area (Å²) in [4.78, 5) is 19.2. The molecule has 112 valence electrons. The first-order chi connectivity index (χ1) is 9.52. The van der Waals surface area contributed by atoms with Crippen LogP contribution in [0.5, 0.6) is 0 Å². The van der Waals surface area contributed by atoms with Gasteiger partial charge in [0, 0.05) is 19.6 Å². The van der Waals surface area contributed by atoms with Gasteiger partial charge >= 0.3 is 0 Å². The maximum absolute atomic E-state index is 12.5. The quantitative estimate of drug-likeness (QED) is 0.876. The van der Waals surface area contributed by atoms with Crippen LogP contribution in [-0.4, -0.2) is 35.4 Å². The Hall–Kier alpha value is -1.30. The van der Waals surface area contributed by atoms with Gasteiger partial charge in [-0.15, -0.1) is 0 Å². The summed E-state index contributed by atoms with van der Waals surface area (Å²) in [5, 5.41) is 3.93. The van der Waals surface area contributed by atoms with E-state index in [-0.39, 0.29) is 5.91 Å². The van der Waals surface area contributed by atoms with E-state index in [0.717, 1.165) is 37.6 Å². The van der Waals surface area contributed by atoms with Crippen LogP contribution in [0.4, 0.5) is 10.9 Å². The highest BCUT2D eigenvalue weighted by atomic mass is 32.1. The number of nitrogens with zero attached hydrogens (tertiary/aromatic N) is 2. The number of aromatic nitrogens is 1. The lowest BCUT2D eigenvalue weighted by atomic mass is 9.95. The number of thiazole rings is 1. The monoisotopic (exact) mass is 296 g/mol. The molecule has 20 heavy (non-hydrogen) atoms. The minimum absolute atomic E-state index is 0.0349. The molecule has 6 heteroatoms. The van der Waals surface area contributed by atoms with Crippen molar-refractivity contribution in [3.8, 4) is 0 Å². The molecule has 1 aliphatic heterocycles. The molecule has 0 radical (unpaired) electrons. The molecule has 0 aromatic carbocycles. The maximum Gasteiger partial charge on any atom is 0.267 e. The average Bonchev–Trinajstić information content (AvgIpc) is 3.02. The summed E-state index contributed by atoms with van der Waals surface area (Å²) in [5.41, 5.74) is 5.89. The van der Waals surface area contributed by atoms with Crippen molar-refractivity contribution in [1.29, 1.82) is 0 Å². The predicted molar refractivity (Wildman–Crippen MR) is 84.2 cm³/mol. The fourth-order valence-electron chi connectivity index (χ4n) is 2.45. The fraction of sp³-hybridized carbons (Fsp3) is 0.714. The molecular formula is C14H24N4OS. The Morgan fingerprint density at radius 1 is 1.60 bits per heavy atom. The van der Waals surface area contributed by atoms with Crippen LogP contribution in [0.2, 0.25) is 0 Å². The molecule has 1 amide bonds. The van der Waals surface area contributed by atoms with Crippen LogP contribution in [0.15, 0.2) is 0 Å². The maximum atomic E-state index is 12.5. The first-order valence-corrected chi connectivity index (χ1v) is 8.14. The zero-order chi connectivity index (χ0) is 14.7. The van der Waals surface area contributed by atoms with Crippen LogP contribution in [-0.2, 0) is 0 Å². The normalized spacial score (nSPS) is 18.8. The van der Waals surface area contributed by atoms with Gasteiger partial charge in [0.15, 0.2) is 5.13 Å². The summed E-state index contributed by atoms with van der Waals surface area (Å²) < 4.78 is 0. The lowest BCUT2D eigenvalue weighted by molar-refractivity contribution is 0.0789. The summed E-state index contributed by atoms with van der Waals surface area (Å²) in [7, 11) is 0. The van der Waals surface area contributed by atoms with Gasteiger partial charge in [0.1, 0.15) is 10.7 Å². The minimum atomic E-state index is 0.0349. The summed E-state index contributed by atoms with van der Waals surface area (Å²) in [6.45, 7) is 9.04. The van der Waals surface area contributed by atoms with E-state index in [1.807, 2.05) is 4.90 Å². The van der Waals surface area contributed by atoms with Crippen LogP contribution in [0, 0.1) is 11.8 Å². The van der Waals surface area contributed by atoms with Gasteiger partial charge in [0.25, 0.3) is 5.91 Å². The molecular weight excluding hydrogens is 272 g/mol. The Balaban J connectivity index is 2.04. The van der Waals surface area contributed by atoms with E-state index in [2.05, 4.69) is 31.1 Å². The van der Waals surface area contributed by atoms with E-state index < -0.39 is 0 Å². The number of nitrogen functional groups attached to an aromatic ring is 1. The molecule has 5 nitrogen and oxygen atoms in total. The Labute approximate surface area is 124 Å². The van der Waals surface area contributed by atoms with E-state index in [0.29, 0.717) is 22.5 Å². The van der Waals surface area contributed by atoms with Crippen molar-refractivity contribution in [2.45, 2.75) is 33.6 Å². The van der Waals surface area contributed by atoms with Gasteiger partial charge in [0.05, 0.1) is 0 Å². The molecule has 1 atom stereocenters. The number of amides is 1. The molecule has 1 fully saturated rings. The van der Waals surface area contributed by atoms with Gasteiger partial charge in [-0.3, -0.25) is 4.79 Å². The van der Waals surface area contributed by atoms with Crippen LogP contribution < -0.4 is 11.1 Å². The number of nitrogens with two attached hydrogens (primary N) is 1. The van der Waals surface area contributed by atoms with Gasteiger partial charge < -0.3 is 16.0 Å². The smallest absolute Gasteiger partial charge is 0.267 e. The molecule has 0 bridgehead atoms. The molecule has 1 saturated heterocycles. The highest BCUT2D eigenvalue weighted by molar-refractivity contribution is 7.18. The van der Waals surface area contributed by atoms with Crippen molar-refractivity contribution in [1.82, 2.24) is 9.88 Å². The SMILES string of the molecule is CCCNc1nc(N)c(C(=O)N2CCC(C(C)C)C2)s1. The third-order valence-electron chi connectivity index (χ3n) is 3.83. The highest BCUT2D eigenvalue weighted by Crippen LogP contribution is 2.30. The number of rotatable bonds is 5. The predicted octanol–water partition coefficient (Wildman–Crippen LogP) is 2.67. The lowest BCUT2D eigenvalue weighted by Crippen LogP contribution is -2.29. The molecule has 1 unspecified atom stereocenters. The number of likely N-dealkylation sites (tertiary alicyclic amines) is 1.